The predicted octanol–water partition coefficient (Wildman–Crippen LogP) is 1.75. The molecule has 0 aliphatic rings. The molecule has 4 aromatic rings. The first-order valence-corrected chi connectivity index (χ1v) is 12.3. The van der Waals surface area contributed by atoms with Crippen LogP contribution in [0.2, 0.25) is 0 Å². The van der Waals surface area contributed by atoms with Crippen LogP contribution in [0.3, 0.4) is 0 Å². The Hall–Kier alpha value is -5.98. The molecule has 26 heteroatoms. The number of pyridine rings is 4. The number of nitrogens with zero attached hydrogens (tertiary/aromatic N) is 8. The Morgan fingerprint density at radius 3 is 0.615 bits per heavy atom. The fourth-order valence-electron chi connectivity index (χ4n) is 2.82. The minimum absolute atomic E-state index is 0. The normalized spacial score (nSPS) is 7.46. The maximum atomic E-state index is 8.25. The molecule has 4 aromatic heterocycles. The topological polar surface area (TPSA) is 397 Å². The smallest absolute Gasteiger partial charge is 0.400 e. The van der Waals surface area contributed by atoms with Gasteiger partial charge < -0.3 is 81.7 Å². The van der Waals surface area contributed by atoms with E-state index in [-0.39, 0.29) is 34.1 Å². The van der Waals surface area contributed by atoms with Crippen molar-refractivity contribution in [3.8, 4) is 0 Å². The van der Waals surface area contributed by atoms with Crippen molar-refractivity contribution in [2.45, 2.75) is 0 Å². The van der Waals surface area contributed by atoms with Crippen molar-refractivity contribution in [1.82, 2.24) is 19.9 Å². The van der Waals surface area contributed by atoms with Gasteiger partial charge in [-0.15, -0.1) is 0 Å². The van der Waals surface area contributed by atoms with Gasteiger partial charge in [-0.25, -0.2) is 0 Å². The van der Waals surface area contributed by atoms with E-state index in [4.69, 9.17) is 81.7 Å². The molecule has 294 valence electrons. The van der Waals surface area contributed by atoms with Crippen molar-refractivity contribution in [3.63, 3.8) is 0 Å². The summed E-state index contributed by atoms with van der Waals surface area (Å²) < 4.78 is 0. The summed E-state index contributed by atoms with van der Waals surface area (Å²) in [6.45, 7) is 0. The van der Waals surface area contributed by atoms with Gasteiger partial charge >= 0.3 is 34.1 Å². The SMILES string of the molecule is CO.CO.CO.CO.O=[N+]([O-])[O-].O=[N+]([O-])[O-].O=[N+]([O-])[O-].O=[N+]([O-])[O-].[Cu+2].[Cu+2].c1ccc(C(=C(c2ccccn2)c2ccccn2)c2ccccn2)nc1. The van der Waals surface area contributed by atoms with E-state index < -0.39 is 20.3 Å². The molecule has 0 unspecified atom stereocenters. The molecule has 0 aliphatic carbocycles. The van der Waals surface area contributed by atoms with E-state index in [1.165, 1.54) is 0 Å². The van der Waals surface area contributed by atoms with E-state index in [2.05, 4.69) is 19.9 Å². The molecule has 0 spiro atoms. The second kappa shape index (κ2) is 45.0. The maximum absolute atomic E-state index is 8.25. The number of hydrogen-bond donors (Lipinski definition) is 4. The summed E-state index contributed by atoms with van der Waals surface area (Å²) in [7, 11) is 4.00. The summed E-state index contributed by atoms with van der Waals surface area (Å²) >= 11 is 0. The standard InChI is InChI=1S/C22H16N4.4CH4O.2Cu.4NO3/c1-5-13-23-17(9-1)21(18-10-2-6-14-24-18)22(19-11-3-7-15-25-19)20-12-4-8-16-26-20;4*1-2;;;4*2-1(3)4/h1-16H;4*2H,1H3;;;;;;/q;;;;;2*+2;4*-1. The monoisotopic (exact) mass is 838 g/mol. The van der Waals surface area contributed by atoms with Gasteiger partial charge in [-0.2, -0.15) is 0 Å². The Kier molecular flexibility index (Phi) is 53.0. The van der Waals surface area contributed by atoms with Crippen LogP contribution in [-0.4, -0.2) is 89.1 Å². The zero-order valence-electron chi connectivity index (χ0n) is 27.1. The molecule has 4 rings (SSSR count). The Labute approximate surface area is 315 Å². The van der Waals surface area contributed by atoms with E-state index >= 15 is 0 Å². The van der Waals surface area contributed by atoms with Gasteiger partial charge in [0.1, 0.15) is 0 Å². The molecule has 0 fully saturated rings. The number of hydrogen-bond acceptors (Lipinski definition) is 20. The second-order valence-corrected chi connectivity index (χ2v) is 6.50. The van der Waals surface area contributed by atoms with Crippen molar-refractivity contribution < 1.29 is 74.9 Å². The first-order valence-electron chi connectivity index (χ1n) is 12.3. The van der Waals surface area contributed by atoms with Crippen molar-refractivity contribution >= 4 is 11.1 Å². The van der Waals surface area contributed by atoms with Gasteiger partial charge in [0, 0.05) is 64.4 Å². The summed E-state index contributed by atoms with van der Waals surface area (Å²) in [6.07, 6.45) is 7.14. The molecule has 0 bridgehead atoms. The van der Waals surface area contributed by atoms with Crippen LogP contribution in [0.4, 0.5) is 0 Å². The van der Waals surface area contributed by atoms with Crippen LogP contribution in [0.15, 0.2) is 97.6 Å². The first kappa shape index (κ1) is 61.3. The number of aliphatic hydroxyl groups excluding tert-OH is 4. The number of aromatic nitrogens is 4. The van der Waals surface area contributed by atoms with Gasteiger partial charge in [0.2, 0.25) is 0 Å². The summed E-state index contributed by atoms with van der Waals surface area (Å²) in [5, 5.41) is 87.0. The molecular formula is C26H32Cu2N8O16. The van der Waals surface area contributed by atoms with Crippen molar-refractivity contribution in [3.05, 3.63) is 182 Å². The predicted molar refractivity (Wildman–Crippen MR) is 176 cm³/mol. The van der Waals surface area contributed by atoms with E-state index in [0.717, 1.165) is 62.4 Å². The molecule has 0 saturated heterocycles. The van der Waals surface area contributed by atoms with E-state index in [1.807, 2.05) is 72.8 Å². The average Bonchev–Trinajstić information content (AvgIpc) is 3.11. The Bertz CT molecular complexity index is 1210. The van der Waals surface area contributed by atoms with Crippen LogP contribution >= 0.6 is 0 Å². The summed E-state index contributed by atoms with van der Waals surface area (Å²) in [5.74, 6) is 0. The van der Waals surface area contributed by atoms with E-state index in [0.29, 0.717) is 0 Å². The zero-order valence-corrected chi connectivity index (χ0v) is 29.0. The molecule has 4 N–H and O–H groups in total. The summed E-state index contributed by atoms with van der Waals surface area (Å²) in [6, 6.07) is 23.4. The van der Waals surface area contributed by atoms with Crippen LogP contribution in [0.5, 0.6) is 0 Å². The molecule has 24 nitrogen and oxygen atoms in total. The van der Waals surface area contributed by atoms with Crippen molar-refractivity contribution in [2.75, 3.05) is 28.4 Å². The minimum atomic E-state index is -1.75. The van der Waals surface area contributed by atoms with Gasteiger partial charge in [-0.05, 0) is 48.5 Å². The first-order chi connectivity index (χ1) is 23.9. The molecule has 0 aromatic carbocycles. The van der Waals surface area contributed by atoms with Crippen LogP contribution < -0.4 is 0 Å². The molecule has 0 atom stereocenters. The molecule has 0 aliphatic heterocycles. The van der Waals surface area contributed by atoms with E-state index in [9.17, 15) is 0 Å². The zero-order chi connectivity index (χ0) is 39.9. The molecular weight excluding hydrogens is 807 g/mol. The third-order valence-corrected chi connectivity index (χ3v) is 3.93. The Morgan fingerprint density at radius 2 is 0.519 bits per heavy atom. The van der Waals surface area contributed by atoms with Gasteiger partial charge in [0.15, 0.2) is 0 Å². The number of aliphatic hydroxyl groups is 4. The van der Waals surface area contributed by atoms with Crippen LogP contribution in [0, 0.1) is 61.3 Å². The van der Waals surface area contributed by atoms with Gasteiger partial charge in [-0.1, -0.05) is 24.3 Å². The fourth-order valence-corrected chi connectivity index (χ4v) is 2.82. The fraction of sp³-hybridized carbons (Fsp3) is 0.154. The molecule has 0 saturated carbocycles. The van der Waals surface area contributed by atoms with Crippen LogP contribution in [0.1, 0.15) is 22.8 Å². The quantitative estimate of drug-likeness (QED) is 0.129. The largest absolute Gasteiger partial charge is 2.00 e. The van der Waals surface area contributed by atoms with Crippen LogP contribution in [0.25, 0.3) is 11.1 Å². The summed E-state index contributed by atoms with van der Waals surface area (Å²) in [4.78, 5) is 51.3. The minimum Gasteiger partial charge on any atom is -0.400 e. The molecule has 4 heterocycles. The third-order valence-electron chi connectivity index (χ3n) is 3.93. The van der Waals surface area contributed by atoms with Gasteiger partial charge in [0.25, 0.3) is 0 Å². The van der Waals surface area contributed by atoms with Crippen molar-refractivity contribution in [1.29, 1.82) is 0 Å². The van der Waals surface area contributed by atoms with Crippen molar-refractivity contribution in [2.24, 2.45) is 0 Å². The van der Waals surface area contributed by atoms with Gasteiger partial charge in [-0.3, -0.25) is 19.9 Å². The average molecular weight is 840 g/mol. The second-order valence-electron chi connectivity index (χ2n) is 6.50. The summed E-state index contributed by atoms with van der Waals surface area (Å²) in [5.41, 5.74) is 5.14. The Balaban J connectivity index is -0.000000130. The molecule has 0 amide bonds. The van der Waals surface area contributed by atoms with Gasteiger partial charge in [0.05, 0.1) is 43.1 Å². The maximum Gasteiger partial charge on any atom is 2.00 e. The van der Waals surface area contributed by atoms with Crippen LogP contribution in [-0.2, 0) is 34.1 Å². The molecule has 2 radical (unpaired) electrons. The third kappa shape index (κ3) is 38.5. The van der Waals surface area contributed by atoms with E-state index in [1.54, 1.807) is 24.8 Å². The molecule has 52 heavy (non-hydrogen) atoms. The Morgan fingerprint density at radius 1 is 0.385 bits per heavy atom. The number of rotatable bonds is 4.